The number of halogens is 2. The van der Waals surface area contributed by atoms with Crippen molar-refractivity contribution >= 4 is 44.8 Å². The lowest BCUT2D eigenvalue weighted by Gasteiger charge is -2.21. The molecule has 0 saturated heterocycles. The first-order valence-corrected chi connectivity index (χ1v) is 7.10. The van der Waals surface area contributed by atoms with Crippen molar-refractivity contribution in [1.29, 1.82) is 0 Å². The molecule has 1 rings (SSSR count). The van der Waals surface area contributed by atoms with Crippen LogP contribution in [0.3, 0.4) is 0 Å². The van der Waals surface area contributed by atoms with E-state index in [9.17, 15) is 4.79 Å². The van der Waals surface area contributed by atoms with Gasteiger partial charge in [-0.3, -0.25) is 4.79 Å². The summed E-state index contributed by atoms with van der Waals surface area (Å²) >= 11 is 10.7. The van der Waals surface area contributed by atoms with Gasteiger partial charge in [-0.15, -0.1) is 22.9 Å². The molecule has 0 spiro atoms. The van der Waals surface area contributed by atoms with Crippen molar-refractivity contribution in [3.63, 3.8) is 0 Å². The molecule has 1 aromatic rings. The minimum Gasteiger partial charge on any atom is -0.351 e. The highest BCUT2D eigenvalue weighted by atomic mass is 79.9. The molecule has 0 bridgehead atoms. The van der Waals surface area contributed by atoms with Crippen molar-refractivity contribution in [3.8, 4) is 0 Å². The molecular weight excluding hydrogens is 310 g/mol. The fraction of sp³-hybridized carbons (Fsp3) is 0.545. The molecule has 90 valence electrons. The van der Waals surface area contributed by atoms with Crippen LogP contribution < -0.4 is 5.32 Å². The minimum atomic E-state index is -0.0687. The maximum atomic E-state index is 11.8. The fourth-order valence-electron chi connectivity index (χ4n) is 1.03. The zero-order valence-corrected chi connectivity index (χ0v) is 12.7. The van der Waals surface area contributed by atoms with Crippen molar-refractivity contribution in [3.05, 3.63) is 20.3 Å². The van der Waals surface area contributed by atoms with Crippen molar-refractivity contribution in [2.45, 2.75) is 20.8 Å². The number of carbonyl (C=O) groups excluding carboxylic acids is 1. The molecule has 0 fully saturated rings. The maximum Gasteiger partial charge on any atom is 0.261 e. The average Bonchev–Trinajstić information content (AvgIpc) is 2.56. The molecule has 2 nitrogen and oxygen atoms in total. The Kier molecular flexibility index (Phi) is 4.83. The molecule has 0 aliphatic rings. The molecule has 0 aliphatic carbocycles. The van der Waals surface area contributed by atoms with E-state index in [1.54, 1.807) is 0 Å². The third-order valence-electron chi connectivity index (χ3n) is 2.17. The topological polar surface area (TPSA) is 29.1 Å². The molecule has 0 radical (unpaired) electrons. The van der Waals surface area contributed by atoms with Gasteiger partial charge in [-0.2, -0.15) is 0 Å². The molecule has 0 aliphatic heterocycles. The van der Waals surface area contributed by atoms with Crippen molar-refractivity contribution in [2.75, 3.05) is 12.4 Å². The highest BCUT2D eigenvalue weighted by molar-refractivity contribution is 9.11. The van der Waals surface area contributed by atoms with Crippen LogP contribution in [0.1, 0.15) is 29.1 Å². The first-order chi connectivity index (χ1) is 7.35. The first kappa shape index (κ1) is 14.0. The minimum absolute atomic E-state index is 0.0306. The van der Waals surface area contributed by atoms with E-state index < -0.39 is 0 Å². The highest BCUT2D eigenvalue weighted by Gasteiger charge is 2.18. The van der Waals surface area contributed by atoms with Gasteiger partial charge < -0.3 is 5.32 Å². The number of alkyl halides is 1. The SMILES string of the molecule is Cc1cc(C(=O)NCC(C)(C)CCl)sc1Br. The summed E-state index contributed by atoms with van der Waals surface area (Å²) in [6.45, 7) is 6.61. The summed E-state index contributed by atoms with van der Waals surface area (Å²) in [6.07, 6.45) is 0. The number of aryl methyl sites for hydroxylation is 1. The van der Waals surface area contributed by atoms with Crippen LogP contribution in [-0.4, -0.2) is 18.3 Å². The molecule has 1 aromatic heterocycles. The Morgan fingerprint density at radius 3 is 2.69 bits per heavy atom. The zero-order valence-electron chi connectivity index (χ0n) is 9.56. The van der Waals surface area contributed by atoms with Gasteiger partial charge in [0, 0.05) is 12.4 Å². The lowest BCUT2D eigenvalue weighted by atomic mass is 9.96. The van der Waals surface area contributed by atoms with Gasteiger partial charge in [-0.25, -0.2) is 0 Å². The predicted molar refractivity (Wildman–Crippen MR) is 73.6 cm³/mol. The van der Waals surface area contributed by atoms with E-state index in [1.807, 2.05) is 26.8 Å². The third-order valence-corrected chi connectivity index (χ3v) is 5.03. The Morgan fingerprint density at radius 2 is 2.25 bits per heavy atom. The third kappa shape index (κ3) is 3.75. The highest BCUT2D eigenvalue weighted by Crippen LogP contribution is 2.27. The molecule has 0 atom stereocenters. The summed E-state index contributed by atoms with van der Waals surface area (Å²) in [7, 11) is 0. The largest absolute Gasteiger partial charge is 0.351 e. The lowest BCUT2D eigenvalue weighted by molar-refractivity contribution is 0.0944. The monoisotopic (exact) mass is 323 g/mol. The standard InChI is InChI=1S/C11H15BrClNOS/c1-7-4-8(16-9(7)12)10(15)14-6-11(2,3)5-13/h4H,5-6H2,1-3H3,(H,14,15). The van der Waals surface area contributed by atoms with Crippen molar-refractivity contribution in [2.24, 2.45) is 5.41 Å². The molecule has 1 N–H and O–H groups in total. The summed E-state index contributed by atoms with van der Waals surface area (Å²) < 4.78 is 1.01. The van der Waals surface area contributed by atoms with E-state index in [1.165, 1.54) is 11.3 Å². The van der Waals surface area contributed by atoms with Crippen LogP contribution in [0.4, 0.5) is 0 Å². The van der Waals surface area contributed by atoms with Crippen molar-refractivity contribution in [1.82, 2.24) is 5.32 Å². The molecular formula is C11H15BrClNOS. The Morgan fingerprint density at radius 1 is 1.62 bits per heavy atom. The number of hydrogen-bond donors (Lipinski definition) is 1. The molecule has 16 heavy (non-hydrogen) atoms. The average molecular weight is 325 g/mol. The predicted octanol–water partition coefficient (Wildman–Crippen LogP) is 3.81. The second-order valence-electron chi connectivity index (χ2n) is 4.55. The van der Waals surface area contributed by atoms with Gasteiger partial charge in [0.15, 0.2) is 0 Å². The molecule has 0 saturated carbocycles. The van der Waals surface area contributed by atoms with Crippen LogP contribution in [0.2, 0.25) is 0 Å². The van der Waals surface area contributed by atoms with Gasteiger partial charge in [-0.1, -0.05) is 13.8 Å². The van der Waals surface area contributed by atoms with Gasteiger partial charge in [0.05, 0.1) is 8.66 Å². The summed E-state index contributed by atoms with van der Waals surface area (Å²) in [5.41, 5.74) is 1.02. The number of nitrogens with one attached hydrogen (secondary N) is 1. The van der Waals surface area contributed by atoms with Crippen LogP contribution >= 0.6 is 38.9 Å². The van der Waals surface area contributed by atoms with Crippen LogP contribution in [0, 0.1) is 12.3 Å². The van der Waals surface area contributed by atoms with Crippen LogP contribution in [0.15, 0.2) is 9.85 Å². The van der Waals surface area contributed by atoms with Gasteiger partial charge in [0.1, 0.15) is 0 Å². The number of carbonyl (C=O) groups is 1. The van der Waals surface area contributed by atoms with Crippen LogP contribution in [-0.2, 0) is 0 Å². The fourth-order valence-corrected chi connectivity index (χ4v) is 2.57. The smallest absolute Gasteiger partial charge is 0.261 e. The number of thiophene rings is 1. The van der Waals surface area contributed by atoms with Crippen LogP contribution in [0.5, 0.6) is 0 Å². The second-order valence-corrected chi connectivity index (χ2v) is 7.19. The van der Waals surface area contributed by atoms with E-state index in [4.69, 9.17) is 11.6 Å². The Bertz CT molecular complexity index is 370. The number of hydrogen-bond acceptors (Lipinski definition) is 2. The first-order valence-electron chi connectivity index (χ1n) is 4.96. The van der Waals surface area contributed by atoms with Gasteiger partial charge in [0.25, 0.3) is 5.91 Å². The Labute approximate surface area is 114 Å². The molecule has 5 heteroatoms. The van der Waals surface area contributed by atoms with Gasteiger partial charge >= 0.3 is 0 Å². The molecule has 0 aromatic carbocycles. The van der Waals surface area contributed by atoms with E-state index in [2.05, 4.69) is 21.2 Å². The zero-order chi connectivity index (χ0) is 12.3. The van der Waals surface area contributed by atoms with Gasteiger partial charge in [-0.05, 0) is 39.9 Å². The van der Waals surface area contributed by atoms with Crippen molar-refractivity contribution < 1.29 is 4.79 Å². The van der Waals surface area contributed by atoms with Crippen LogP contribution in [0.25, 0.3) is 0 Å². The maximum absolute atomic E-state index is 11.8. The van der Waals surface area contributed by atoms with E-state index >= 15 is 0 Å². The number of rotatable bonds is 4. The quantitative estimate of drug-likeness (QED) is 0.838. The molecule has 0 unspecified atom stereocenters. The molecule has 1 amide bonds. The lowest BCUT2D eigenvalue weighted by Crippen LogP contribution is -2.34. The summed E-state index contributed by atoms with van der Waals surface area (Å²) in [5.74, 6) is 0.498. The van der Waals surface area contributed by atoms with E-state index in [0.717, 1.165) is 14.2 Å². The number of amides is 1. The summed E-state index contributed by atoms with van der Waals surface area (Å²) in [4.78, 5) is 12.5. The summed E-state index contributed by atoms with van der Waals surface area (Å²) in [5, 5.41) is 2.90. The van der Waals surface area contributed by atoms with E-state index in [-0.39, 0.29) is 11.3 Å². The Balaban J connectivity index is 2.60. The Hall–Kier alpha value is -0.0600. The van der Waals surface area contributed by atoms with Gasteiger partial charge in [0.2, 0.25) is 0 Å². The second kappa shape index (κ2) is 5.52. The summed E-state index contributed by atoms with van der Waals surface area (Å²) in [6, 6.07) is 1.89. The van der Waals surface area contributed by atoms with E-state index in [0.29, 0.717) is 12.4 Å². The normalized spacial score (nSPS) is 11.6. The molecule has 1 heterocycles.